The average molecular weight is 335 g/mol. The molecule has 3 nitrogen and oxygen atoms in total. The summed E-state index contributed by atoms with van der Waals surface area (Å²) in [6.07, 6.45) is 0. The first kappa shape index (κ1) is 17.8. The molecule has 2 rings (SSSR count). The minimum Gasteiger partial charge on any atom is -0.598 e. The van der Waals surface area contributed by atoms with Crippen LogP contribution in [0.15, 0.2) is 48.5 Å². The van der Waals surface area contributed by atoms with Gasteiger partial charge in [-0.15, -0.1) is 4.72 Å². The Balaban J connectivity index is 2.09. The summed E-state index contributed by atoms with van der Waals surface area (Å²) in [4.78, 5) is 0. The lowest BCUT2D eigenvalue weighted by Gasteiger charge is -2.26. The number of nitrogens with one attached hydrogen (secondary N) is 1. The number of halogens is 1. The van der Waals surface area contributed by atoms with Gasteiger partial charge >= 0.3 is 0 Å². The van der Waals surface area contributed by atoms with Gasteiger partial charge in [-0.05, 0) is 57.5 Å². The molecular formula is C18H22FNO2S. The highest BCUT2D eigenvalue weighted by Gasteiger charge is 2.28. The minimum atomic E-state index is -1.22. The molecule has 0 aliphatic heterocycles. The van der Waals surface area contributed by atoms with Gasteiger partial charge in [-0.25, -0.2) is 4.39 Å². The van der Waals surface area contributed by atoms with Crippen molar-refractivity contribution in [3.8, 4) is 11.5 Å². The van der Waals surface area contributed by atoms with Gasteiger partial charge in [0.2, 0.25) is 0 Å². The third-order valence-electron chi connectivity index (χ3n) is 3.27. The fourth-order valence-electron chi connectivity index (χ4n) is 1.89. The van der Waals surface area contributed by atoms with E-state index in [1.807, 2.05) is 45.9 Å². The van der Waals surface area contributed by atoms with Crippen molar-refractivity contribution in [2.24, 2.45) is 0 Å². The third-order valence-corrected chi connectivity index (χ3v) is 4.95. The molecule has 2 atom stereocenters. The number of hydrogen-bond acceptors (Lipinski definition) is 3. The monoisotopic (exact) mass is 335 g/mol. The Kier molecular flexibility index (Phi) is 5.68. The van der Waals surface area contributed by atoms with Crippen molar-refractivity contribution in [2.45, 2.75) is 38.5 Å². The molecule has 0 amide bonds. The van der Waals surface area contributed by atoms with E-state index in [0.29, 0.717) is 5.75 Å². The highest BCUT2D eigenvalue weighted by molar-refractivity contribution is 7.90. The molecule has 0 aromatic heterocycles. The molecule has 2 aromatic carbocycles. The Bertz CT molecular complexity index is 643. The zero-order valence-electron chi connectivity index (χ0n) is 13.8. The lowest BCUT2D eigenvalue weighted by Crippen LogP contribution is -2.40. The van der Waals surface area contributed by atoms with Crippen LogP contribution in [0, 0.1) is 5.82 Å². The molecule has 23 heavy (non-hydrogen) atoms. The normalized spacial score (nSPS) is 14.3. The van der Waals surface area contributed by atoms with E-state index >= 15 is 0 Å². The maximum absolute atomic E-state index is 14.2. The van der Waals surface area contributed by atoms with Gasteiger partial charge in [0.15, 0.2) is 11.6 Å². The molecule has 0 aliphatic rings. The Morgan fingerprint density at radius 1 is 1.13 bits per heavy atom. The van der Waals surface area contributed by atoms with Gasteiger partial charge in [-0.3, -0.25) is 0 Å². The van der Waals surface area contributed by atoms with Gasteiger partial charge in [0.05, 0.1) is 6.04 Å². The number of ether oxygens (including phenoxy) is 1. The second-order valence-corrected chi connectivity index (χ2v) is 8.32. The van der Waals surface area contributed by atoms with Crippen LogP contribution in [0.4, 0.5) is 4.39 Å². The van der Waals surface area contributed by atoms with Crippen LogP contribution in [0.5, 0.6) is 11.5 Å². The van der Waals surface area contributed by atoms with Gasteiger partial charge in [-0.1, -0.05) is 24.3 Å². The number of benzene rings is 2. The summed E-state index contributed by atoms with van der Waals surface area (Å²) < 4.78 is 34.5. The largest absolute Gasteiger partial charge is 0.598 e. The van der Waals surface area contributed by atoms with E-state index in [2.05, 4.69) is 4.72 Å². The van der Waals surface area contributed by atoms with Crippen LogP contribution in [-0.4, -0.2) is 9.30 Å². The van der Waals surface area contributed by atoms with E-state index < -0.39 is 17.2 Å². The lowest BCUT2D eigenvalue weighted by atomic mass is 10.1. The van der Waals surface area contributed by atoms with Crippen LogP contribution in [0.1, 0.15) is 39.3 Å². The van der Waals surface area contributed by atoms with E-state index in [0.717, 1.165) is 5.56 Å². The quantitative estimate of drug-likeness (QED) is 0.803. The molecule has 0 radical (unpaired) electrons. The maximum Gasteiger partial charge on any atom is 0.166 e. The summed E-state index contributed by atoms with van der Waals surface area (Å²) in [5, 5.41) is 0. The third kappa shape index (κ3) is 4.96. The molecule has 0 unspecified atom stereocenters. The lowest BCUT2D eigenvalue weighted by molar-refractivity contribution is 0.441. The Hall–Kier alpha value is -1.56. The average Bonchev–Trinajstić information content (AvgIpc) is 2.49. The van der Waals surface area contributed by atoms with Crippen LogP contribution in [0.3, 0.4) is 0 Å². The van der Waals surface area contributed by atoms with Gasteiger partial charge in [0, 0.05) is 11.4 Å². The Morgan fingerprint density at radius 2 is 1.78 bits per heavy atom. The molecule has 1 N–H and O–H groups in total. The summed E-state index contributed by atoms with van der Waals surface area (Å²) in [6, 6.07) is 13.6. The highest BCUT2D eigenvalue weighted by Crippen LogP contribution is 2.27. The van der Waals surface area contributed by atoms with Crippen LogP contribution < -0.4 is 9.46 Å². The van der Waals surface area contributed by atoms with Crippen molar-refractivity contribution in [3.05, 3.63) is 59.9 Å². The zero-order chi connectivity index (χ0) is 17.0. The second kappa shape index (κ2) is 7.34. The minimum absolute atomic E-state index is 0.170. The van der Waals surface area contributed by atoms with Gasteiger partial charge < -0.3 is 9.29 Å². The zero-order valence-corrected chi connectivity index (χ0v) is 14.6. The van der Waals surface area contributed by atoms with E-state index in [4.69, 9.17) is 4.74 Å². The van der Waals surface area contributed by atoms with Crippen LogP contribution in [0.2, 0.25) is 0 Å². The van der Waals surface area contributed by atoms with Crippen LogP contribution in [0.25, 0.3) is 0 Å². The molecule has 0 saturated carbocycles. The van der Waals surface area contributed by atoms with E-state index in [-0.39, 0.29) is 16.5 Å². The fourth-order valence-corrected chi connectivity index (χ4v) is 2.70. The van der Waals surface area contributed by atoms with Gasteiger partial charge in [0.25, 0.3) is 0 Å². The molecule has 5 heteroatoms. The van der Waals surface area contributed by atoms with E-state index in [1.54, 1.807) is 24.3 Å². The Labute approximate surface area is 140 Å². The summed E-state index contributed by atoms with van der Waals surface area (Å²) in [7, 11) is 0. The Morgan fingerprint density at radius 3 is 2.35 bits per heavy atom. The standard InChI is InChI=1S/C18H22FNO2S/c1-13(20-23(21)18(2,3)4)14-10-11-17(16(19)12-14)22-15-8-6-5-7-9-15/h5-13,20H,1-4H3/t13-,23+/m0/s1. The summed E-state index contributed by atoms with van der Waals surface area (Å²) in [5.41, 5.74) is 0.723. The van der Waals surface area contributed by atoms with E-state index in [1.165, 1.54) is 6.07 Å². The van der Waals surface area contributed by atoms with Crippen LogP contribution >= 0.6 is 0 Å². The van der Waals surface area contributed by atoms with E-state index in [9.17, 15) is 8.94 Å². The van der Waals surface area contributed by atoms with Crippen molar-refractivity contribution in [1.82, 2.24) is 4.72 Å². The molecule has 0 bridgehead atoms. The first-order chi connectivity index (χ1) is 10.8. The molecular weight excluding hydrogens is 313 g/mol. The summed E-state index contributed by atoms with van der Waals surface area (Å²) >= 11 is -1.22. The summed E-state index contributed by atoms with van der Waals surface area (Å²) in [6.45, 7) is 7.52. The molecule has 0 spiro atoms. The molecule has 124 valence electrons. The van der Waals surface area contributed by atoms with Crippen molar-refractivity contribution in [1.29, 1.82) is 0 Å². The molecule has 2 aromatic rings. The second-order valence-electron chi connectivity index (χ2n) is 6.33. The fraction of sp³-hybridized carbons (Fsp3) is 0.333. The maximum atomic E-state index is 14.2. The molecule has 0 saturated heterocycles. The van der Waals surface area contributed by atoms with Crippen molar-refractivity contribution in [2.75, 3.05) is 0 Å². The van der Waals surface area contributed by atoms with Crippen molar-refractivity contribution in [3.63, 3.8) is 0 Å². The molecule has 0 aliphatic carbocycles. The smallest absolute Gasteiger partial charge is 0.166 e. The summed E-state index contributed by atoms with van der Waals surface area (Å²) in [5.74, 6) is 0.310. The van der Waals surface area contributed by atoms with Gasteiger partial charge in [0.1, 0.15) is 10.5 Å². The van der Waals surface area contributed by atoms with Crippen LogP contribution in [-0.2, 0) is 11.4 Å². The van der Waals surface area contributed by atoms with Gasteiger partial charge in [-0.2, -0.15) is 0 Å². The first-order valence-corrected chi connectivity index (χ1v) is 8.63. The SMILES string of the molecule is C[C@H](N[S@+]([O-])C(C)(C)C)c1ccc(Oc2ccccc2)c(F)c1. The number of rotatable bonds is 5. The predicted octanol–water partition coefficient (Wildman–Crippen LogP) is 4.73. The number of para-hydroxylation sites is 1. The number of hydrogen-bond donors (Lipinski definition) is 1. The first-order valence-electron chi connectivity index (χ1n) is 7.48. The predicted molar refractivity (Wildman–Crippen MR) is 92.4 cm³/mol. The molecule has 0 fully saturated rings. The highest BCUT2D eigenvalue weighted by atomic mass is 32.2. The molecule has 0 heterocycles. The topological polar surface area (TPSA) is 44.3 Å². The van der Waals surface area contributed by atoms with Crippen molar-refractivity contribution >= 4 is 11.4 Å². The van der Waals surface area contributed by atoms with Crippen molar-refractivity contribution < 1.29 is 13.7 Å².